The van der Waals surface area contributed by atoms with Crippen LogP contribution in [-0.4, -0.2) is 28.6 Å². The lowest BCUT2D eigenvalue weighted by atomic mass is 10.1. The summed E-state index contributed by atoms with van der Waals surface area (Å²) in [6.45, 7) is 6.61. The SMILES string of the molecule is CCOc1cc(/C=C2/SC(=Nc3ccccc3)N(C(C)C)C2=O)ccc1OCc1ccc(F)cc1. The van der Waals surface area contributed by atoms with E-state index in [4.69, 9.17) is 14.5 Å². The van der Waals surface area contributed by atoms with Crippen LogP contribution >= 0.6 is 11.8 Å². The molecule has 1 saturated heterocycles. The second kappa shape index (κ2) is 11.2. The van der Waals surface area contributed by atoms with E-state index >= 15 is 0 Å². The summed E-state index contributed by atoms with van der Waals surface area (Å²) >= 11 is 1.36. The van der Waals surface area contributed by atoms with E-state index in [0.717, 1.165) is 16.8 Å². The molecule has 7 heteroatoms. The van der Waals surface area contributed by atoms with Crippen LogP contribution in [0.15, 0.2) is 82.7 Å². The zero-order chi connectivity index (χ0) is 24.8. The zero-order valence-corrected chi connectivity index (χ0v) is 20.7. The molecule has 35 heavy (non-hydrogen) atoms. The first-order valence-electron chi connectivity index (χ1n) is 11.5. The molecule has 0 unspecified atom stereocenters. The van der Waals surface area contributed by atoms with Crippen LogP contribution < -0.4 is 9.47 Å². The fraction of sp³-hybridized carbons (Fsp3) is 0.214. The number of carbonyl (C=O) groups is 1. The summed E-state index contributed by atoms with van der Waals surface area (Å²) in [6, 6.07) is 21.3. The zero-order valence-electron chi connectivity index (χ0n) is 19.9. The molecule has 180 valence electrons. The number of benzene rings is 3. The van der Waals surface area contributed by atoms with Gasteiger partial charge in [-0.25, -0.2) is 9.38 Å². The lowest BCUT2D eigenvalue weighted by molar-refractivity contribution is -0.123. The summed E-state index contributed by atoms with van der Waals surface area (Å²) < 4.78 is 24.9. The Bertz CT molecular complexity index is 1240. The third kappa shape index (κ3) is 6.11. The average molecular weight is 491 g/mol. The number of amidine groups is 1. The number of thioether (sulfide) groups is 1. The van der Waals surface area contributed by atoms with Gasteiger partial charge in [-0.15, -0.1) is 0 Å². The highest BCUT2D eigenvalue weighted by Gasteiger charge is 2.35. The molecule has 3 aromatic carbocycles. The number of amides is 1. The lowest BCUT2D eigenvalue weighted by Gasteiger charge is -2.19. The van der Waals surface area contributed by atoms with Gasteiger partial charge in [0.2, 0.25) is 0 Å². The van der Waals surface area contributed by atoms with Crippen molar-refractivity contribution >= 4 is 34.6 Å². The molecule has 0 atom stereocenters. The van der Waals surface area contributed by atoms with Crippen LogP contribution in [-0.2, 0) is 11.4 Å². The van der Waals surface area contributed by atoms with Crippen LogP contribution in [0.2, 0.25) is 0 Å². The number of rotatable bonds is 8. The third-order valence-electron chi connectivity index (χ3n) is 5.21. The molecule has 0 N–H and O–H groups in total. The van der Waals surface area contributed by atoms with Gasteiger partial charge >= 0.3 is 0 Å². The van der Waals surface area contributed by atoms with Crippen LogP contribution in [0.5, 0.6) is 11.5 Å². The molecular weight excluding hydrogens is 463 g/mol. The van der Waals surface area contributed by atoms with Gasteiger partial charge in [-0.05, 0) is 86.1 Å². The van der Waals surface area contributed by atoms with Crippen molar-refractivity contribution in [3.05, 3.63) is 94.6 Å². The minimum Gasteiger partial charge on any atom is -0.490 e. The maximum absolute atomic E-state index is 13.2. The molecule has 1 heterocycles. The highest BCUT2D eigenvalue weighted by molar-refractivity contribution is 8.18. The molecule has 0 radical (unpaired) electrons. The van der Waals surface area contributed by atoms with Crippen LogP contribution in [0.4, 0.5) is 10.1 Å². The molecular formula is C28H27FN2O3S. The Hall–Kier alpha value is -3.58. The third-order valence-corrected chi connectivity index (χ3v) is 6.19. The summed E-state index contributed by atoms with van der Waals surface area (Å²) in [5, 5.41) is 0.659. The standard InChI is InChI=1S/C28H27FN2O3S/c1-4-33-25-16-21(12-15-24(25)34-18-20-10-13-22(29)14-11-20)17-26-27(32)31(19(2)3)28(35-26)30-23-8-6-5-7-9-23/h5-17,19H,4,18H2,1-3H3/b26-17+,30-28?. The summed E-state index contributed by atoms with van der Waals surface area (Å²) in [5.41, 5.74) is 2.48. The van der Waals surface area contributed by atoms with Crippen LogP contribution in [0.3, 0.4) is 0 Å². The van der Waals surface area contributed by atoms with Gasteiger partial charge in [0, 0.05) is 6.04 Å². The molecule has 5 nitrogen and oxygen atoms in total. The number of halogens is 1. The highest BCUT2D eigenvalue weighted by Crippen LogP contribution is 2.37. The molecule has 0 aliphatic carbocycles. The van der Waals surface area contributed by atoms with E-state index in [2.05, 4.69) is 0 Å². The van der Waals surface area contributed by atoms with E-state index in [9.17, 15) is 9.18 Å². The minimum absolute atomic E-state index is 0.0235. The highest BCUT2D eigenvalue weighted by atomic mass is 32.2. The van der Waals surface area contributed by atoms with Crippen molar-refractivity contribution in [3.8, 4) is 11.5 Å². The van der Waals surface area contributed by atoms with Gasteiger partial charge in [0.05, 0.1) is 17.2 Å². The molecule has 3 aromatic rings. The Balaban J connectivity index is 1.57. The van der Waals surface area contributed by atoms with Gasteiger partial charge in [0.15, 0.2) is 16.7 Å². The lowest BCUT2D eigenvalue weighted by Crippen LogP contribution is -2.35. The second-order valence-corrected chi connectivity index (χ2v) is 9.17. The van der Waals surface area contributed by atoms with E-state index in [1.165, 1.54) is 23.9 Å². The predicted octanol–water partition coefficient (Wildman–Crippen LogP) is 6.82. The normalized spacial score (nSPS) is 15.9. The predicted molar refractivity (Wildman–Crippen MR) is 139 cm³/mol. The number of aliphatic imine (C=N–C) groups is 1. The summed E-state index contributed by atoms with van der Waals surface area (Å²) in [5.74, 6) is 0.805. The molecule has 0 spiro atoms. The van der Waals surface area contributed by atoms with Gasteiger partial charge in [0.25, 0.3) is 5.91 Å². The van der Waals surface area contributed by atoms with Gasteiger partial charge in [0.1, 0.15) is 12.4 Å². The van der Waals surface area contributed by atoms with E-state index < -0.39 is 0 Å². The first-order chi connectivity index (χ1) is 16.9. The smallest absolute Gasteiger partial charge is 0.266 e. The second-order valence-electron chi connectivity index (χ2n) is 8.16. The largest absolute Gasteiger partial charge is 0.490 e. The van der Waals surface area contributed by atoms with Crippen molar-refractivity contribution in [2.75, 3.05) is 6.61 Å². The Morgan fingerprint density at radius 2 is 1.74 bits per heavy atom. The Morgan fingerprint density at radius 1 is 1.00 bits per heavy atom. The van der Waals surface area contributed by atoms with E-state index in [1.54, 1.807) is 17.0 Å². The monoisotopic (exact) mass is 490 g/mol. The first kappa shape index (κ1) is 24.5. The van der Waals surface area contributed by atoms with Crippen LogP contribution in [0.25, 0.3) is 6.08 Å². The molecule has 1 aliphatic heterocycles. The number of carbonyl (C=O) groups excluding carboxylic acids is 1. The topological polar surface area (TPSA) is 51.1 Å². The number of hydrogen-bond acceptors (Lipinski definition) is 5. The number of ether oxygens (including phenoxy) is 2. The number of para-hydroxylation sites is 1. The van der Waals surface area contributed by atoms with E-state index in [-0.39, 0.29) is 24.4 Å². The van der Waals surface area contributed by atoms with E-state index in [1.807, 2.05) is 75.4 Å². The Kier molecular flexibility index (Phi) is 7.87. The van der Waals surface area contributed by atoms with Crippen molar-refractivity contribution in [1.82, 2.24) is 4.90 Å². The first-order valence-corrected chi connectivity index (χ1v) is 12.3. The van der Waals surface area contributed by atoms with Crippen molar-refractivity contribution in [2.24, 2.45) is 4.99 Å². The minimum atomic E-state index is -0.284. The number of nitrogens with zero attached hydrogens (tertiary/aromatic N) is 2. The summed E-state index contributed by atoms with van der Waals surface area (Å²) in [6.07, 6.45) is 1.85. The fourth-order valence-electron chi connectivity index (χ4n) is 3.53. The maximum atomic E-state index is 13.2. The van der Waals surface area contributed by atoms with Gasteiger partial charge in [-0.2, -0.15) is 0 Å². The fourth-order valence-corrected chi connectivity index (χ4v) is 4.65. The quantitative estimate of drug-likeness (QED) is 0.325. The number of hydrogen-bond donors (Lipinski definition) is 0. The average Bonchev–Trinajstić information content (AvgIpc) is 3.15. The molecule has 1 fully saturated rings. The molecule has 0 saturated carbocycles. The van der Waals surface area contributed by atoms with Gasteiger partial charge in [-0.1, -0.05) is 36.4 Å². The summed E-state index contributed by atoms with van der Waals surface area (Å²) in [4.78, 5) is 20.2. The van der Waals surface area contributed by atoms with Crippen molar-refractivity contribution in [3.63, 3.8) is 0 Å². The van der Waals surface area contributed by atoms with Crippen LogP contribution in [0.1, 0.15) is 31.9 Å². The molecule has 1 amide bonds. The molecule has 1 aliphatic rings. The molecule has 0 aromatic heterocycles. The van der Waals surface area contributed by atoms with Gasteiger partial charge < -0.3 is 9.47 Å². The molecule has 4 rings (SSSR count). The van der Waals surface area contributed by atoms with Crippen molar-refractivity contribution in [1.29, 1.82) is 0 Å². The van der Waals surface area contributed by atoms with Gasteiger partial charge in [-0.3, -0.25) is 9.69 Å². The Morgan fingerprint density at radius 3 is 2.43 bits per heavy atom. The summed E-state index contributed by atoms with van der Waals surface area (Å²) in [7, 11) is 0. The van der Waals surface area contributed by atoms with Crippen molar-refractivity contribution < 1.29 is 18.7 Å². The maximum Gasteiger partial charge on any atom is 0.266 e. The molecule has 0 bridgehead atoms. The van der Waals surface area contributed by atoms with Crippen molar-refractivity contribution in [2.45, 2.75) is 33.4 Å². The van der Waals surface area contributed by atoms with E-state index in [0.29, 0.717) is 28.2 Å². The van der Waals surface area contributed by atoms with Crippen LogP contribution in [0, 0.1) is 5.82 Å². The Labute approximate surface area is 209 Å².